The van der Waals surface area contributed by atoms with Gasteiger partial charge in [-0.25, -0.2) is 0 Å². The Labute approximate surface area is 110 Å². The van der Waals surface area contributed by atoms with E-state index in [0.29, 0.717) is 18.6 Å². The molecule has 2 aliphatic carbocycles. The van der Waals surface area contributed by atoms with Crippen molar-refractivity contribution in [2.75, 3.05) is 6.61 Å². The third-order valence-electron chi connectivity index (χ3n) is 4.60. The SMILES string of the molecule is CCOC1CC(NC(=O)CCC(C)N)C12CCC2. The summed E-state index contributed by atoms with van der Waals surface area (Å²) in [6, 6.07) is 0.439. The van der Waals surface area contributed by atoms with Crippen LogP contribution in [0, 0.1) is 5.41 Å². The predicted octanol–water partition coefficient (Wildman–Crippen LogP) is 1.58. The van der Waals surface area contributed by atoms with Crippen LogP contribution in [0.15, 0.2) is 0 Å². The number of amides is 1. The molecule has 4 heteroatoms. The number of carbonyl (C=O) groups excluding carboxylic acids is 1. The fourth-order valence-corrected chi connectivity index (χ4v) is 3.27. The minimum Gasteiger partial charge on any atom is -0.378 e. The average Bonchev–Trinajstić information content (AvgIpc) is 2.22. The monoisotopic (exact) mass is 254 g/mol. The average molecular weight is 254 g/mol. The van der Waals surface area contributed by atoms with Crippen LogP contribution in [0.5, 0.6) is 0 Å². The van der Waals surface area contributed by atoms with E-state index in [2.05, 4.69) is 5.32 Å². The van der Waals surface area contributed by atoms with Gasteiger partial charge >= 0.3 is 0 Å². The number of nitrogens with two attached hydrogens (primary N) is 1. The molecule has 1 amide bonds. The van der Waals surface area contributed by atoms with Crippen molar-refractivity contribution in [2.45, 2.75) is 70.6 Å². The van der Waals surface area contributed by atoms with Gasteiger partial charge in [0.1, 0.15) is 0 Å². The smallest absolute Gasteiger partial charge is 0.220 e. The topological polar surface area (TPSA) is 64.3 Å². The first-order chi connectivity index (χ1) is 8.58. The Kier molecular flexibility index (Phi) is 4.28. The van der Waals surface area contributed by atoms with Crippen LogP contribution >= 0.6 is 0 Å². The maximum Gasteiger partial charge on any atom is 0.220 e. The molecule has 2 saturated carbocycles. The Morgan fingerprint density at radius 2 is 2.28 bits per heavy atom. The summed E-state index contributed by atoms with van der Waals surface area (Å²) in [7, 11) is 0. The first-order valence-electron chi connectivity index (χ1n) is 7.25. The van der Waals surface area contributed by atoms with E-state index in [9.17, 15) is 4.79 Å². The highest BCUT2D eigenvalue weighted by Crippen LogP contribution is 2.57. The maximum absolute atomic E-state index is 11.8. The zero-order valence-corrected chi connectivity index (χ0v) is 11.6. The van der Waals surface area contributed by atoms with Gasteiger partial charge in [-0.1, -0.05) is 6.42 Å². The van der Waals surface area contributed by atoms with Gasteiger partial charge in [0.25, 0.3) is 0 Å². The molecule has 2 fully saturated rings. The number of hydrogen-bond donors (Lipinski definition) is 2. The van der Waals surface area contributed by atoms with Gasteiger partial charge in [0.2, 0.25) is 5.91 Å². The van der Waals surface area contributed by atoms with Gasteiger partial charge in [-0.15, -0.1) is 0 Å². The molecular weight excluding hydrogens is 228 g/mol. The van der Waals surface area contributed by atoms with Crippen molar-refractivity contribution in [3.8, 4) is 0 Å². The Balaban J connectivity index is 1.79. The standard InChI is InChI=1S/C14H26N2O2/c1-3-18-12-9-11(14(12)7-4-8-14)16-13(17)6-5-10(2)15/h10-12H,3-9,15H2,1-2H3,(H,16,17). The Hall–Kier alpha value is -0.610. The molecule has 0 heterocycles. The van der Waals surface area contributed by atoms with E-state index < -0.39 is 0 Å². The first-order valence-corrected chi connectivity index (χ1v) is 7.25. The van der Waals surface area contributed by atoms with Crippen LogP contribution < -0.4 is 11.1 Å². The van der Waals surface area contributed by atoms with Gasteiger partial charge in [-0.05, 0) is 39.5 Å². The molecule has 0 aromatic heterocycles. The molecule has 0 aromatic carbocycles. The first kappa shape index (κ1) is 13.8. The minimum atomic E-state index is 0.103. The lowest BCUT2D eigenvalue weighted by molar-refractivity contribution is -0.175. The highest BCUT2D eigenvalue weighted by atomic mass is 16.5. The summed E-state index contributed by atoms with van der Waals surface area (Å²) < 4.78 is 5.77. The molecule has 1 spiro atoms. The molecule has 104 valence electrons. The van der Waals surface area contributed by atoms with Crippen molar-refractivity contribution < 1.29 is 9.53 Å². The number of nitrogens with one attached hydrogen (secondary N) is 1. The minimum absolute atomic E-state index is 0.103. The molecule has 2 rings (SSSR count). The van der Waals surface area contributed by atoms with E-state index in [1.165, 1.54) is 19.3 Å². The van der Waals surface area contributed by atoms with Gasteiger partial charge in [-0.3, -0.25) is 4.79 Å². The van der Waals surface area contributed by atoms with Crippen LogP contribution in [0.1, 0.15) is 52.4 Å². The summed E-state index contributed by atoms with van der Waals surface area (Å²) in [6.45, 7) is 4.76. The van der Waals surface area contributed by atoms with Crippen LogP contribution in [-0.4, -0.2) is 30.7 Å². The molecule has 0 radical (unpaired) electrons. The summed E-state index contributed by atoms with van der Waals surface area (Å²) in [5.74, 6) is 0.151. The number of rotatable bonds is 6. The van der Waals surface area contributed by atoms with Crippen molar-refractivity contribution in [3.05, 3.63) is 0 Å². The highest BCUT2D eigenvalue weighted by Gasteiger charge is 2.59. The van der Waals surface area contributed by atoms with E-state index in [1.807, 2.05) is 13.8 Å². The normalized spacial score (nSPS) is 30.4. The molecule has 0 saturated heterocycles. The van der Waals surface area contributed by atoms with Crippen LogP contribution in [0.3, 0.4) is 0 Å². The van der Waals surface area contributed by atoms with Crippen molar-refractivity contribution in [2.24, 2.45) is 11.1 Å². The predicted molar refractivity (Wildman–Crippen MR) is 71.1 cm³/mol. The molecule has 0 bridgehead atoms. The van der Waals surface area contributed by atoms with Crippen LogP contribution in [0.4, 0.5) is 0 Å². The number of ether oxygens (including phenoxy) is 1. The molecule has 0 aliphatic heterocycles. The summed E-state index contributed by atoms with van der Waals surface area (Å²) >= 11 is 0. The summed E-state index contributed by atoms with van der Waals surface area (Å²) in [6.07, 6.45) is 6.35. The molecule has 18 heavy (non-hydrogen) atoms. The van der Waals surface area contributed by atoms with Crippen LogP contribution in [0.2, 0.25) is 0 Å². The largest absolute Gasteiger partial charge is 0.378 e. The third-order valence-corrected chi connectivity index (χ3v) is 4.60. The Morgan fingerprint density at radius 3 is 2.78 bits per heavy atom. The quantitative estimate of drug-likeness (QED) is 0.756. The molecule has 2 aliphatic rings. The number of carbonyl (C=O) groups is 1. The maximum atomic E-state index is 11.8. The second-order valence-electron chi connectivity index (χ2n) is 5.90. The van der Waals surface area contributed by atoms with E-state index in [-0.39, 0.29) is 17.4 Å². The van der Waals surface area contributed by atoms with E-state index in [0.717, 1.165) is 19.4 Å². The van der Waals surface area contributed by atoms with Gasteiger partial charge in [0, 0.05) is 30.5 Å². The van der Waals surface area contributed by atoms with Crippen molar-refractivity contribution in [1.29, 1.82) is 0 Å². The van der Waals surface area contributed by atoms with Gasteiger partial charge < -0.3 is 15.8 Å². The van der Waals surface area contributed by atoms with E-state index in [4.69, 9.17) is 10.5 Å². The van der Waals surface area contributed by atoms with E-state index >= 15 is 0 Å². The molecule has 4 nitrogen and oxygen atoms in total. The molecule has 3 atom stereocenters. The van der Waals surface area contributed by atoms with Crippen molar-refractivity contribution in [1.82, 2.24) is 5.32 Å². The molecule has 3 unspecified atom stereocenters. The lowest BCUT2D eigenvalue weighted by Gasteiger charge is -2.61. The third kappa shape index (κ3) is 2.54. The van der Waals surface area contributed by atoms with Gasteiger partial charge in [0.15, 0.2) is 0 Å². The van der Waals surface area contributed by atoms with Crippen LogP contribution in [0.25, 0.3) is 0 Å². The fraction of sp³-hybridized carbons (Fsp3) is 0.929. The molecule has 0 aromatic rings. The Morgan fingerprint density at radius 1 is 1.56 bits per heavy atom. The van der Waals surface area contributed by atoms with Crippen LogP contribution in [-0.2, 0) is 9.53 Å². The summed E-state index contributed by atoms with van der Waals surface area (Å²) in [5.41, 5.74) is 5.93. The Bertz CT molecular complexity index is 300. The summed E-state index contributed by atoms with van der Waals surface area (Å²) in [5, 5.41) is 3.18. The summed E-state index contributed by atoms with van der Waals surface area (Å²) in [4.78, 5) is 11.8. The second kappa shape index (κ2) is 5.57. The lowest BCUT2D eigenvalue weighted by atomic mass is 9.51. The highest BCUT2D eigenvalue weighted by molar-refractivity contribution is 5.76. The second-order valence-corrected chi connectivity index (χ2v) is 5.90. The fourth-order valence-electron chi connectivity index (χ4n) is 3.27. The van der Waals surface area contributed by atoms with Gasteiger partial charge in [-0.2, -0.15) is 0 Å². The number of hydrogen-bond acceptors (Lipinski definition) is 3. The zero-order chi connectivity index (χ0) is 13.2. The zero-order valence-electron chi connectivity index (χ0n) is 11.6. The molecule has 3 N–H and O–H groups in total. The van der Waals surface area contributed by atoms with Crippen molar-refractivity contribution >= 4 is 5.91 Å². The lowest BCUT2D eigenvalue weighted by Crippen LogP contribution is -2.67. The van der Waals surface area contributed by atoms with Gasteiger partial charge in [0.05, 0.1) is 6.10 Å². The van der Waals surface area contributed by atoms with Crippen molar-refractivity contribution in [3.63, 3.8) is 0 Å². The molecular formula is C14H26N2O2. The van der Waals surface area contributed by atoms with E-state index in [1.54, 1.807) is 0 Å².